The van der Waals surface area contributed by atoms with Crippen LogP contribution in [0, 0.1) is 6.92 Å². The number of aliphatic hydroxyl groups excluding tert-OH is 1. The fourth-order valence-electron chi connectivity index (χ4n) is 1.62. The fourth-order valence-corrected chi connectivity index (χ4v) is 1.62. The van der Waals surface area contributed by atoms with Crippen molar-refractivity contribution in [3.05, 3.63) is 35.4 Å². The van der Waals surface area contributed by atoms with Gasteiger partial charge < -0.3 is 15.7 Å². The highest BCUT2D eigenvalue weighted by Crippen LogP contribution is 2.03. The Labute approximate surface area is 108 Å². The second kappa shape index (κ2) is 7.71. The van der Waals surface area contributed by atoms with Crippen LogP contribution in [0.25, 0.3) is 0 Å². The number of nitrogens with one attached hydrogen (secondary N) is 2. The molecular formula is C14H22N2O2. The lowest BCUT2D eigenvalue weighted by Gasteiger charge is -2.10. The number of carbonyl (C=O) groups is 1. The molecule has 1 aromatic carbocycles. The summed E-state index contributed by atoms with van der Waals surface area (Å²) < 4.78 is 0. The molecule has 3 N–H and O–H groups in total. The Morgan fingerprint density at radius 3 is 2.83 bits per heavy atom. The van der Waals surface area contributed by atoms with Gasteiger partial charge in [0.05, 0.1) is 6.10 Å². The first-order valence-corrected chi connectivity index (χ1v) is 6.37. The highest BCUT2D eigenvalue weighted by atomic mass is 16.3. The van der Waals surface area contributed by atoms with Crippen LogP contribution in [0.2, 0.25) is 0 Å². The minimum absolute atomic E-state index is 0.195. The average Bonchev–Trinajstić information content (AvgIpc) is 2.36. The number of carbonyl (C=O) groups excluding carboxylic acids is 1. The highest BCUT2D eigenvalue weighted by Gasteiger charge is 2.03. The van der Waals surface area contributed by atoms with Crippen LogP contribution in [0.3, 0.4) is 0 Å². The third-order valence-corrected chi connectivity index (χ3v) is 2.77. The Hall–Kier alpha value is -1.55. The molecule has 1 aromatic rings. The Bertz CT molecular complexity index is 380. The molecule has 0 bridgehead atoms. The molecule has 0 fully saturated rings. The summed E-state index contributed by atoms with van der Waals surface area (Å²) in [5.41, 5.74) is 2.26. The van der Waals surface area contributed by atoms with E-state index in [2.05, 4.69) is 10.6 Å². The van der Waals surface area contributed by atoms with E-state index in [9.17, 15) is 9.90 Å². The Morgan fingerprint density at radius 2 is 2.17 bits per heavy atom. The maximum atomic E-state index is 11.5. The molecule has 0 saturated carbocycles. The molecule has 1 atom stereocenters. The molecule has 0 saturated heterocycles. The van der Waals surface area contributed by atoms with Gasteiger partial charge in [0.1, 0.15) is 0 Å². The SMILES string of the molecule is CCC(O)CCNC(=O)NCc1cccc(C)c1. The Kier molecular flexibility index (Phi) is 6.22. The second-order valence-corrected chi connectivity index (χ2v) is 4.45. The molecule has 2 amide bonds. The van der Waals surface area contributed by atoms with Crippen molar-refractivity contribution in [3.8, 4) is 0 Å². The predicted octanol–water partition coefficient (Wildman–Crippen LogP) is 1.96. The third kappa shape index (κ3) is 5.68. The lowest BCUT2D eigenvalue weighted by atomic mass is 10.1. The zero-order chi connectivity index (χ0) is 13.4. The first-order chi connectivity index (χ1) is 8.61. The number of aliphatic hydroxyl groups is 1. The van der Waals surface area contributed by atoms with Crippen molar-refractivity contribution in [1.82, 2.24) is 10.6 Å². The molecule has 0 spiro atoms. The van der Waals surface area contributed by atoms with Gasteiger partial charge >= 0.3 is 6.03 Å². The Morgan fingerprint density at radius 1 is 1.39 bits per heavy atom. The molecule has 18 heavy (non-hydrogen) atoms. The molecule has 4 heteroatoms. The van der Waals surface area contributed by atoms with Crippen molar-refractivity contribution in [3.63, 3.8) is 0 Å². The van der Waals surface area contributed by atoms with Gasteiger partial charge in [-0.05, 0) is 25.3 Å². The van der Waals surface area contributed by atoms with Gasteiger partial charge in [-0.1, -0.05) is 36.8 Å². The number of benzene rings is 1. The summed E-state index contributed by atoms with van der Waals surface area (Å²) >= 11 is 0. The summed E-state index contributed by atoms with van der Waals surface area (Å²) in [6.45, 7) is 4.96. The van der Waals surface area contributed by atoms with Crippen LogP contribution >= 0.6 is 0 Å². The van der Waals surface area contributed by atoms with Gasteiger partial charge in [-0.3, -0.25) is 0 Å². The predicted molar refractivity (Wildman–Crippen MR) is 72.3 cm³/mol. The minimum atomic E-state index is -0.331. The molecule has 0 aliphatic rings. The standard InChI is InChI=1S/C14H22N2O2/c1-3-13(17)7-8-15-14(18)16-10-12-6-4-5-11(2)9-12/h4-6,9,13,17H,3,7-8,10H2,1-2H3,(H2,15,16,18). The van der Waals surface area contributed by atoms with E-state index in [1.165, 1.54) is 5.56 Å². The van der Waals surface area contributed by atoms with Gasteiger partial charge in [0.15, 0.2) is 0 Å². The average molecular weight is 250 g/mol. The number of amides is 2. The highest BCUT2D eigenvalue weighted by molar-refractivity contribution is 5.73. The van der Waals surface area contributed by atoms with Crippen LogP contribution in [0.1, 0.15) is 30.9 Å². The molecule has 0 heterocycles. The van der Waals surface area contributed by atoms with Crippen molar-refractivity contribution in [2.24, 2.45) is 0 Å². The number of rotatable bonds is 6. The molecule has 1 unspecified atom stereocenters. The van der Waals surface area contributed by atoms with Crippen molar-refractivity contribution < 1.29 is 9.90 Å². The molecule has 0 aromatic heterocycles. The first-order valence-electron chi connectivity index (χ1n) is 6.37. The maximum absolute atomic E-state index is 11.5. The largest absolute Gasteiger partial charge is 0.393 e. The Balaban J connectivity index is 2.21. The van der Waals surface area contributed by atoms with E-state index in [-0.39, 0.29) is 12.1 Å². The smallest absolute Gasteiger partial charge is 0.315 e. The van der Waals surface area contributed by atoms with Crippen LogP contribution in [-0.2, 0) is 6.54 Å². The van der Waals surface area contributed by atoms with E-state index in [1.54, 1.807) is 0 Å². The number of hydrogen-bond donors (Lipinski definition) is 3. The molecule has 0 radical (unpaired) electrons. The van der Waals surface area contributed by atoms with Crippen LogP contribution in [0.4, 0.5) is 4.79 Å². The van der Waals surface area contributed by atoms with Crippen molar-refractivity contribution in [1.29, 1.82) is 0 Å². The first kappa shape index (κ1) is 14.5. The van der Waals surface area contributed by atoms with Crippen molar-refractivity contribution in [2.75, 3.05) is 6.54 Å². The van der Waals surface area contributed by atoms with Gasteiger partial charge in [-0.15, -0.1) is 0 Å². The summed E-state index contributed by atoms with van der Waals surface area (Å²) in [5.74, 6) is 0. The molecular weight excluding hydrogens is 228 g/mol. The molecule has 0 aliphatic heterocycles. The topological polar surface area (TPSA) is 61.4 Å². The van der Waals surface area contributed by atoms with E-state index in [0.29, 0.717) is 25.9 Å². The van der Waals surface area contributed by atoms with Gasteiger partial charge in [0, 0.05) is 13.1 Å². The summed E-state index contributed by atoms with van der Waals surface area (Å²) in [7, 11) is 0. The van der Waals surface area contributed by atoms with Gasteiger partial charge in [-0.25, -0.2) is 4.79 Å². The zero-order valence-corrected chi connectivity index (χ0v) is 11.1. The quantitative estimate of drug-likeness (QED) is 0.722. The summed E-state index contributed by atoms with van der Waals surface area (Å²) in [4.78, 5) is 11.5. The van der Waals surface area contributed by atoms with E-state index >= 15 is 0 Å². The number of aryl methyl sites for hydroxylation is 1. The van der Waals surface area contributed by atoms with E-state index in [1.807, 2.05) is 38.1 Å². The fraction of sp³-hybridized carbons (Fsp3) is 0.500. The summed E-state index contributed by atoms with van der Waals surface area (Å²) in [6.07, 6.45) is 0.975. The summed E-state index contributed by atoms with van der Waals surface area (Å²) in [5, 5.41) is 14.8. The third-order valence-electron chi connectivity index (χ3n) is 2.77. The van der Waals surface area contributed by atoms with E-state index in [0.717, 1.165) is 5.56 Å². The molecule has 0 aliphatic carbocycles. The monoisotopic (exact) mass is 250 g/mol. The van der Waals surface area contributed by atoms with Crippen molar-refractivity contribution in [2.45, 2.75) is 39.3 Å². The van der Waals surface area contributed by atoms with Gasteiger partial charge in [-0.2, -0.15) is 0 Å². The van der Waals surface area contributed by atoms with E-state index < -0.39 is 0 Å². The molecule has 4 nitrogen and oxygen atoms in total. The minimum Gasteiger partial charge on any atom is -0.393 e. The van der Waals surface area contributed by atoms with Crippen molar-refractivity contribution >= 4 is 6.03 Å². The zero-order valence-electron chi connectivity index (χ0n) is 11.1. The molecule has 100 valence electrons. The maximum Gasteiger partial charge on any atom is 0.315 e. The lowest BCUT2D eigenvalue weighted by molar-refractivity contribution is 0.160. The van der Waals surface area contributed by atoms with E-state index in [4.69, 9.17) is 0 Å². The second-order valence-electron chi connectivity index (χ2n) is 4.45. The van der Waals surface area contributed by atoms with Gasteiger partial charge in [0.25, 0.3) is 0 Å². The number of hydrogen-bond acceptors (Lipinski definition) is 2. The van der Waals surface area contributed by atoms with Crippen LogP contribution < -0.4 is 10.6 Å². The number of urea groups is 1. The van der Waals surface area contributed by atoms with Crippen LogP contribution in [0.5, 0.6) is 0 Å². The summed E-state index contributed by atoms with van der Waals surface area (Å²) in [6, 6.07) is 7.83. The van der Waals surface area contributed by atoms with Crippen LogP contribution in [-0.4, -0.2) is 23.8 Å². The van der Waals surface area contributed by atoms with Crippen LogP contribution in [0.15, 0.2) is 24.3 Å². The van der Waals surface area contributed by atoms with Gasteiger partial charge in [0.2, 0.25) is 0 Å². The lowest BCUT2D eigenvalue weighted by Crippen LogP contribution is -2.36. The normalized spacial score (nSPS) is 11.9. The molecule has 1 rings (SSSR count).